The van der Waals surface area contributed by atoms with E-state index in [1.807, 2.05) is 0 Å². The van der Waals surface area contributed by atoms with Gasteiger partial charge in [0, 0.05) is 32.2 Å². The van der Waals surface area contributed by atoms with Crippen LogP contribution in [0.2, 0.25) is 0 Å². The fourth-order valence-electron chi connectivity index (χ4n) is 2.52. The Morgan fingerprint density at radius 2 is 2.00 bits per heavy atom. The smallest absolute Gasteiger partial charge is 0.119 e. The molecule has 100 valence electrons. The lowest BCUT2D eigenvalue weighted by Crippen LogP contribution is -2.50. The van der Waals surface area contributed by atoms with Crippen molar-refractivity contribution in [3.05, 3.63) is 29.3 Å². The molecule has 1 aromatic rings. The molecule has 1 heterocycles. The molecule has 1 aromatic carbocycles. The Bertz CT molecular complexity index is 372. The molecule has 1 saturated heterocycles. The van der Waals surface area contributed by atoms with Crippen molar-refractivity contribution in [2.24, 2.45) is 0 Å². The molecule has 0 bridgehead atoms. The molecule has 1 aliphatic rings. The van der Waals surface area contributed by atoms with Crippen molar-refractivity contribution in [3.63, 3.8) is 0 Å². The molecule has 0 radical (unpaired) electrons. The van der Waals surface area contributed by atoms with Gasteiger partial charge < -0.3 is 10.1 Å². The number of piperazine rings is 1. The molecule has 1 aliphatic heterocycles. The molecule has 3 heteroatoms. The zero-order chi connectivity index (χ0) is 13.0. The molecule has 0 spiro atoms. The third-order valence-corrected chi connectivity index (χ3v) is 3.32. The van der Waals surface area contributed by atoms with Crippen LogP contribution in [0.3, 0.4) is 0 Å². The van der Waals surface area contributed by atoms with Gasteiger partial charge in [-0.15, -0.1) is 0 Å². The highest BCUT2D eigenvalue weighted by Crippen LogP contribution is 2.16. The van der Waals surface area contributed by atoms with E-state index in [0.29, 0.717) is 6.04 Å². The summed E-state index contributed by atoms with van der Waals surface area (Å²) in [6.45, 7) is 11.6. The van der Waals surface area contributed by atoms with Gasteiger partial charge in [0.1, 0.15) is 12.4 Å². The summed E-state index contributed by atoms with van der Waals surface area (Å²) in [5.41, 5.74) is 2.53. The van der Waals surface area contributed by atoms with Crippen LogP contribution in [-0.2, 0) is 0 Å². The normalized spacial score (nSPS) is 20.9. The SMILES string of the molecule is Cc1cc(C)cc(OCCN2CCN[C@H](C)C2)c1. The Hall–Kier alpha value is -1.06. The quantitative estimate of drug-likeness (QED) is 0.882. The maximum absolute atomic E-state index is 5.84. The van der Waals surface area contributed by atoms with Gasteiger partial charge in [0.25, 0.3) is 0 Å². The first-order chi connectivity index (χ1) is 8.63. The van der Waals surface area contributed by atoms with E-state index in [1.54, 1.807) is 0 Å². The summed E-state index contributed by atoms with van der Waals surface area (Å²) in [6, 6.07) is 6.98. The van der Waals surface area contributed by atoms with Crippen molar-refractivity contribution in [3.8, 4) is 5.75 Å². The molecular weight excluding hydrogens is 224 g/mol. The Kier molecular flexibility index (Phi) is 4.61. The summed E-state index contributed by atoms with van der Waals surface area (Å²) in [7, 11) is 0. The van der Waals surface area contributed by atoms with Gasteiger partial charge in [-0.3, -0.25) is 4.90 Å². The van der Waals surface area contributed by atoms with Gasteiger partial charge in [0.05, 0.1) is 0 Å². The third-order valence-electron chi connectivity index (χ3n) is 3.32. The molecule has 1 N–H and O–H groups in total. The number of hydrogen-bond acceptors (Lipinski definition) is 3. The standard InChI is InChI=1S/C15H24N2O/c1-12-8-13(2)10-15(9-12)18-7-6-17-5-4-16-14(3)11-17/h8-10,14,16H,4-7,11H2,1-3H3/t14-/m1/s1. The molecule has 3 nitrogen and oxygen atoms in total. The van der Waals surface area contributed by atoms with Crippen molar-refractivity contribution < 1.29 is 4.74 Å². The second kappa shape index (κ2) is 6.21. The highest BCUT2D eigenvalue weighted by atomic mass is 16.5. The first-order valence-corrected chi connectivity index (χ1v) is 6.80. The second-order valence-electron chi connectivity index (χ2n) is 5.33. The molecule has 0 unspecified atom stereocenters. The minimum Gasteiger partial charge on any atom is -0.492 e. The van der Waals surface area contributed by atoms with Crippen LogP contribution in [0.4, 0.5) is 0 Å². The minimum atomic E-state index is 0.597. The van der Waals surface area contributed by atoms with E-state index >= 15 is 0 Å². The number of nitrogens with one attached hydrogen (secondary N) is 1. The number of nitrogens with zero attached hydrogens (tertiary/aromatic N) is 1. The van der Waals surface area contributed by atoms with Crippen LogP contribution in [0.1, 0.15) is 18.1 Å². The van der Waals surface area contributed by atoms with Crippen molar-refractivity contribution in [1.29, 1.82) is 0 Å². The van der Waals surface area contributed by atoms with Gasteiger partial charge >= 0.3 is 0 Å². The number of benzene rings is 1. The van der Waals surface area contributed by atoms with Gasteiger partial charge in [-0.2, -0.15) is 0 Å². The first kappa shape index (κ1) is 13.4. The maximum Gasteiger partial charge on any atom is 0.119 e. The zero-order valence-electron chi connectivity index (χ0n) is 11.7. The highest BCUT2D eigenvalue weighted by molar-refractivity contribution is 5.32. The predicted octanol–water partition coefficient (Wildman–Crippen LogP) is 1.98. The summed E-state index contributed by atoms with van der Waals surface area (Å²) < 4.78 is 5.84. The number of ether oxygens (including phenoxy) is 1. The van der Waals surface area contributed by atoms with E-state index < -0.39 is 0 Å². The van der Waals surface area contributed by atoms with Crippen LogP contribution in [-0.4, -0.2) is 43.7 Å². The summed E-state index contributed by atoms with van der Waals surface area (Å²) in [6.07, 6.45) is 0. The molecule has 1 atom stereocenters. The molecule has 1 fully saturated rings. The second-order valence-corrected chi connectivity index (χ2v) is 5.33. The Morgan fingerprint density at radius 3 is 2.67 bits per heavy atom. The van der Waals surface area contributed by atoms with Crippen LogP contribution in [0.15, 0.2) is 18.2 Å². The Balaban J connectivity index is 1.77. The fourth-order valence-corrected chi connectivity index (χ4v) is 2.52. The van der Waals surface area contributed by atoms with Gasteiger partial charge in [-0.05, 0) is 44.0 Å². The maximum atomic E-state index is 5.84. The van der Waals surface area contributed by atoms with Gasteiger partial charge in [-0.25, -0.2) is 0 Å². The lowest BCUT2D eigenvalue weighted by molar-refractivity contribution is 0.170. The number of aryl methyl sites for hydroxylation is 2. The Labute approximate surface area is 110 Å². The summed E-state index contributed by atoms with van der Waals surface area (Å²) in [5.74, 6) is 0.996. The molecule has 2 rings (SSSR count). The topological polar surface area (TPSA) is 24.5 Å². The van der Waals surface area contributed by atoms with E-state index in [0.717, 1.165) is 38.5 Å². The summed E-state index contributed by atoms with van der Waals surface area (Å²) in [5, 5.41) is 3.45. The van der Waals surface area contributed by atoms with Gasteiger partial charge in [0.2, 0.25) is 0 Å². The van der Waals surface area contributed by atoms with E-state index in [4.69, 9.17) is 4.74 Å². The highest BCUT2D eigenvalue weighted by Gasteiger charge is 2.14. The molecule has 0 aromatic heterocycles. The number of hydrogen-bond donors (Lipinski definition) is 1. The largest absolute Gasteiger partial charge is 0.492 e. The zero-order valence-corrected chi connectivity index (χ0v) is 11.7. The molecule has 18 heavy (non-hydrogen) atoms. The summed E-state index contributed by atoms with van der Waals surface area (Å²) in [4.78, 5) is 2.46. The van der Waals surface area contributed by atoms with Crippen LogP contribution in [0.25, 0.3) is 0 Å². The molecule has 0 saturated carbocycles. The third kappa shape index (κ3) is 4.00. The van der Waals surface area contributed by atoms with Gasteiger partial charge in [0.15, 0.2) is 0 Å². The van der Waals surface area contributed by atoms with E-state index in [2.05, 4.69) is 49.2 Å². The van der Waals surface area contributed by atoms with E-state index in [1.165, 1.54) is 11.1 Å². The van der Waals surface area contributed by atoms with Crippen LogP contribution < -0.4 is 10.1 Å². The monoisotopic (exact) mass is 248 g/mol. The van der Waals surface area contributed by atoms with Crippen molar-refractivity contribution in [2.45, 2.75) is 26.8 Å². The van der Waals surface area contributed by atoms with Crippen LogP contribution in [0.5, 0.6) is 5.75 Å². The lowest BCUT2D eigenvalue weighted by atomic mass is 10.1. The average Bonchev–Trinajstić information content (AvgIpc) is 2.27. The van der Waals surface area contributed by atoms with E-state index in [-0.39, 0.29) is 0 Å². The summed E-state index contributed by atoms with van der Waals surface area (Å²) >= 11 is 0. The molecule has 0 amide bonds. The minimum absolute atomic E-state index is 0.597. The first-order valence-electron chi connectivity index (χ1n) is 6.80. The van der Waals surface area contributed by atoms with Gasteiger partial charge in [-0.1, -0.05) is 6.07 Å². The fraction of sp³-hybridized carbons (Fsp3) is 0.600. The van der Waals surface area contributed by atoms with E-state index in [9.17, 15) is 0 Å². The van der Waals surface area contributed by atoms with Crippen molar-refractivity contribution >= 4 is 0 Å². The molecule has 0 aliphatic carbocycles. The lowest BCUT2D eigenvalue weighted by Gasteiger charge is -2.31. The number of rotatable bonds is 4. The Morgan fingerprint density at radius 1 is 1.28 bits per heavy atom. The van der Waals surface area contributed by atoms with Crippen molar-refractivity contribution in [2.75, 3.05) is 32.8 Å². The van der Waals surface area contributed by atoms with Crippen molar-refractivity contribution in [1.82, 2.24) is 10.2 Å². The van der Waals surface area contributed by atoms with Crippen LogP contribution >= 0.6 is 0 Å². The van der Waals surface area contributed by atoms with Crippen LogP contribution in [0, 0.1) is 13.8 Å². The average molecular weight is 248 g/mol. The molecular formula is C15H24N2O. The predicted molar refractivity (Wildman–Crippen MR) is 75.3 cm³/mol.